The average Bonchev–Trinajstić information content (AvgIpc) is 2.23. The topological polar surface area (TPSA) is 66.4 Å². The molecule has 0 aromatic heterocycles. The molecule has 1 aromatic carbocycles. The Bertz CT molecular complexity index is 489. The highest BCUT2D eigenvalue weighted by molar-refractivity contribution is 6.50. The Labute approximate surface area is 101 Å². The number of halogens is 2. The Kier molecular flexibility index (Phi) is 2.56. The monoisotopic (exact) mass is 259 g/mol. The van der Waals surface area contributed by atoms with Gasteiger partial charge in [-0.3, -0.25) is 4.79 Å². The van der Waals surface area contributed by atoms with Crippen molar-refractivity contribution in [2.45, 2.75) is 4.87 Å². The first kappa shape index (κ1) is 11.2. The van der Waals surface area contributed by atoms with Gasteiger partial charge in [0.15, 0.2) is 0 Å². The quantitative estimate of drug-likeness (QED) is 0.598. The van der Waals surface area contributed by atoms with Crippen LogP contribution in [0.2, 0.25) is 5.02 Å². The number of aliphatic carboxylic acids is 1. The van der Waals surface area contributed by atoms with Crippen LogP contribution in [0.15, 0.2) is 18.2 Å². The number of alkyl halides is 1. The summed E-state index contributed by atoms with van der Waals surface area (Å²) < 4.78 is 0. The number of rotatable bonds is 1. The normalized spacial score (nSPS) is 23.5. The maximum atomic E-state index is 12.0. The van der Waals surface area contributed by atoms with E-state index in [1.165, 1.54) is 6.07 Å². The fourth-order valence-corrected chi connectivity index (χ4v) is 1.99. The van der Waals surface area contributed by atoms with Crippen LogP contribution >= 0.6 is 23.2 Å². The lowest BCUT2D eigenvalue weighted by Crippen LogP contribution is -2.50. The van der Waals surface area contributed by atoms with Crippen molar-refractivity contribution in [1.29, 1.82) is 0 Å². The van der Waals surface area contributed by atoms with Crippen molar-refractivity contribution < 1.29 is 14.7 Å². The number of carboxylic acid groups (broad SMARTS) is 1. The molecule has 0 saturated heterocycles. The molecule has 2 rings (SSSR count). The molecule has 0 bridgehead atoms. The van der Waals surface area contributed by atoms with Crippen molar-refractivity contribution in [3.05, 3.63) is 28.8 Å². The highest BCUT2D eigenvalue weighted by atomic mass is 35.5. The van der Waals surface area contributed by atoms with E-state index in [0.717, 1.165) is 0 Å². The van der Waals surface area contributed by atoms with Crippen molar-refractivity contribution in [3.63, 3.8) is 0 Å². The lowest BCUT2D eigenvalue weighted by Gasteiger charge is -2.28. The summed E-state index contributed by atoms with van der Waals surface area (Å²) in [5.74, 6) is -2.06. The van der Waals surface area contributed by atoms with Gasteiger partial charge in [-0.2, -0.15) is 0 Å². The van der Waals surface area contributed by atoms with E-state index in [2.05, 4.69) is 5.32 Å². The van der Waals surface area contributed by atoms with E-state index in [9.17, 15) is 9.59 Å². The minimum atomic E-state index is -1.97. The summed E-state index contributed by atoms with van der Waals surface area (Å²) in [6, 6.07) is 4.84. The number of nitrogens with one attached hydrogen (secondary N) is 1. The van der Waals surface area contributed by atoms with Gasteiger partial charge in [0.2, 0.25) is 10.7 Å². The van der Waals surface area contributed by atoms with Crippen molar-refractivity contribution in [2.75, 3.05) is 11.9 Å². The second kappa shape index (κ2) is 3.64. The summed E-state index contributed by atoms with van der Waals surface area (Å²) in [7, 11) is 0. The molecule has 1 aromatic rings. The Morgan fingerprint density at radius 2 is 2.19 bits per heavy atom. The van der Waals surface area contributed by atoms with Gasteiger partial charge in [-0.25, -0.2) is 4.79 Å². The van der Waals surface area contributed by atoms with Crippen LogP contribution in [0.4, 0.5) is 5.69 Å². The Hall–Kier alpha value is -1.26. The van der Waals surface area contributed by atoms with E-state index in [1.807, 2.05) is 0 Å². The first-order valence-corrected chi connectivity index (χ1v) is 5.22. The lowest BCUT2D eigenvalue weighted by atomic mass is 9.91. The molecule has 84 valence electrons. The predicted octanol–water partition coefficient (Wildman–Crippen LogP) is 2.01. The van der Waals surface area contributed by atoms with Gasteiger partial charge < -0.3 is 10.4 Å². The van der Waals surface area contributed by atoms with Crippen LogP contribution in [0.25, 0.3) is 0 Å². The van der Waals surface area contributed by atoms with Crippen LogP contribution < -0.4 is 5.32 Å². The number of fused-ring (bicyclic) bond motifs is 1. The Balaban J connectivity index is 2.59. The van der Waals surface area contributed by atoms with Crippen LogP contribution in [0.3, 0.4) is 0 Å². The van der Waals surface area contributed by atoms with E-state index < -0.39 is 16.6 Å². The molecular weight excluding hydrogens is 253 g/mol. The van der Waals surface area contributed by atoms with E-state index in [0.29, 0.717) is 5.69 Å². The highest BCUT2D eigenvalue weighted by Crippen LogP contribution is 2.35. The molecule has 4 nitrogen and oxygen atoms in total. The van der Waals surface area contributed by atoms with Gasteiger partial charge in [-0.1, -0.05) is 29.3 Å². The molecule has 1 aliphatic rings. The molecule has 1 aliphatic heterocycles. The molecule has 2 N–H and O–H groups in total. The van der Waals surface area contributed by atoms with Gasteiger partial charge in [0.25, 0.3) is 0 Å². The molecule has 0 amide bonds. The van der Waals surface area contributed by atoms with Gasteiger partial charge in [0.1, 0.15) is 0 Å². The van der Waals surface area contributed by atoms with E-state index in [-0.39, 0.29) is 17.1 Å². The largest absolute Gasteiger partial charge is 0.480 e. The third-order valence-corrected chi connectivity index (χ3v) is 3.24. The van der Waals surface area contributed by atoms with Crippen molar-refractivity contribution in [3.8, 4) is 0 Å². The number of carbonyl (C=O) groups is 2. The fourth-order valence-electron chi connectivity index (χ4n) is 1.57. The minimum Gasteiger partial charge on any atom is -0.480 e. The molecule has 0 spiro atoms. The number of anilines is 1. The van der Waals surface area contributed by atoms with Crippen molar-refractivity contribution in [1.82, 2.24) is 0 Å². The minimum absolute atomic E-state index is 0.132. The third kappa shape index (κ3) is 1.45. The van der Waals surface area contributed by atoms with Crippen LogP contribution in [0.1, 0.15) is 10.4 Å². The molecule has 1 heterocycles. The molecule has 0 fully saturated rings. The van der Waals surface area contributed by atoms with Crippen LogP contribution in [-0.2, 0) is 4.79 Å². The highest BCUT2D eigenvalue weighted by Gasteiger charge is 2.48. The summed E-state index contributed by atoms with van der Waals surface area (Å²) >= 11 is 11.6. The van der Waals surface area contributed by atoms with E-state index in [4.69, 9.17) is 28.3 Å². The zero-order valence-corrected chi connectivity index (χ0v) is 9.47. The predicted molar refractivity (Wildman–Crippen MR) is 60.5 cm³/mol. The zero-order valence-electron chi connectivity index (χ0n) is 7.96. The third-order valence-electron chi connectivity index (χ3n) is 2.46. The Morgan fingerprint density at radius 1 is 1.50 bits per heavy atom. The van der Waals surface area contributed by atoms with Gasteiger partial charge in [0.05, 0.1) is 17.1 Å². The fraction of sp³-hybridized carbons (Fsp3) is 0.200. The van der Waals surface area contributed by atoms with Crippen molar-refractivity contribution in [2.24, 2.45) is 0 Å². The lowest BCUT2D eigenvalue weighted by molar-refractivity contribution is -0.138. The molecular formula is C10H7Cl2NO3. The number of Topliss-reactive ketones (excluding diaryl/α,β-unsaturated/α-hetero) is 1. The molecule has 0 aliphatic carbocycles. The summed E-state index contributed by atoms with van der Waals surface area (Å²) in [5, 5.41) is 11.9. The van der Waals surface area contributed by atoms with Gasteiger partial charge in [-0.15, -0.1) is 0 Å². The van der Waals surface area contributed by atoms with E-state index >= 15 is 0 Å². The van der Waals surface area contributed by atoms with Crippen molar-refractivity contribution >= 4 is 40.6 Å². The molecule has 1 atom stereocenters. The average molecular weight is 260 g/mol. The molecule has 16 heavy (non-hydrogen) atoms. The smallest absolute Gasteiger partial charge is 0.334 e. The first-order chi connectivity index (χ1) is 7.47. The van der Waals surface area contributed by atoms with Crippen LogP contribution in [-0.4, -0.2) is 28.3 Å². The number of carbonyl (C=O) groups excluding carboxylic acids is 1. The number of hydrogen-bond donors (Lipinski definition) is 2. The first-order valence-electron chi connectivity index (χ1n) is 4.46. The zero-order chi connectivity index (χ0) is 11.9. The van der Waals surface area contributed by atoms with Gasteiger partial charge in [0, 0.05) is 5.69 Å². The second-order valence-corrected chi connectivity index (χ2v) is 4.50. The molecule has 0 saturated carbocycles. The number of ketones is 1. The number of carboxylic acids is 1. The number of benzene rings is 1. The summed E-state index contributed by atoms with van der Waals surface area (Å²) in [4.78, 5) is 21.0. The van der Waals surface area contributed by atoms with Gasteiger partial charge >= 0.3 is 5.97 Å². The molecule has 6 heteroatoms. The summed E-state index contributed by atoms with van der Waals surface area (Å²) in [6.07, 6.45) is 0. The second-order valence-electron chi connectivity index (χ2n) is 3.45. The van der Waals surface area contributed by atoms with Crippen LogP contribution in [0.5, 0.6) is 0 Å². The summed E-state index contributed by atoms with van der Waals surface area (Å²) in [6.45, 7) is -0.157. The molecule has 1 unspecified atom stereocenters. The van der Waals surface area contributed by atoms with E-state index in [1.54, 1.807) is 12.1 Å². The summed E-state index contributed by atoms with van der Waals surface area (Å²) in [5.41, 5.74) is 0.642. The maximum absolute atomic E-state index is 12.0. The maximum Gasteiger partial charge on any atom is 0.334 e. The molecule has 0 radical (unpaired) electrons. The number of hydrogen-bond acceptors (Lipinski definition) is 3. The standard InChI is InChI=1S/C10H7Cl2NO3/c11-5-2-1-3-6-7(5)8(14)10(12,4-13-6)9(15)16/h1-3,13H,4H2,(H,15,16). The Morgan fingerprint density at radius 3 is 2.81 bits per heavy atom. The SMILES string of the molecule is O=C(O)C1(Cl)CNc2cccc(Cl)c2C1=O. The van der Waals surface area contributed by atoms with Gasteiger partial charge in [-0.05, 0) is 12.1 Å². The van der Waals surface area contributed by atoms with Crippen LogP contribution in [0, 0.1) is 0 Å².